The molecular formula is C21H26O2. The number of ether oxygens (including phenoxy) is 1. The molecule has 5 rings (SSSR count). The number of methoxy groups -OCH3 is 1. The minimum Gasteiger partial charge on any atom is -0.497 e. The zero-order valence-electron chi connectivity index (χ0n) is 14.2. The number of carbonyl (C=O) groups is 1. The Morgan fingerprint density at radius 2 is 2.04 bits per heavy atom. The Balaban J connectivity index is 1.58. The molecule has 2 nitrogen and oxygen atoms in total. The topological polar surface area (TPSA) is 26.3 Å². The molecule has 1 spiro atoms. The molecule has 122 valence electrons. The Bertz CT molecular complexity index is 693. The lowest BCUT2D eigenvalue weighted by Crippen LogP contribution is -2.42. The van der Waals surface area contributed by atoms with E-state index in [1.54, 1.807) is 12.7 Å². The first-order chi connectivity index (χ1) is 11.1. The van der Waals surface area contributed by atoms with Gasteiger partial charge in [-0.2, -0.15) is 0 Å². The lowest BCUT2D eigenvalue weighted by molar-refractivity contribution is -0.130. The summed E-state index contributed by atoms with van der Waals surface area (Å²) in [6, 6.07) is 6.68. The molecule has 0 aromatic heterocycles. The van der Waals surface area contributed by atoms with Crippen LogP contribution < -0.4 is 4.74 Å². The van der Waals surface area contributed by atoms with Crippen LogP contribution in [0.25, 0.3) is 0 Å². The maximum absolute atomic E-state index is 12.7. The number of rotatable bonds is 1. The van der Waals surface area contributed by atoms with E-state index in [-0.39, 0.29) is 5.41 Å². The minimum atomic E-state index is -0.0128. The molecule has 0 unspecified atom stereocenters. The Morgan fingerprint density at radius 3 is 2.74 bits per heavy atom. The highest BCUT2D eigenvalue weighted by molar-refractivity contribution is 5.89. The van der Waals surface area contributed by atoms with Crippen molar-refractivity contribution in [2.45, 2.75) is 57.8 Å². The van der Waals surface area contributed by atoms with Crippen molar-refractivity contribution in [3.05, 3.63) is 29.3 Å². The summed E-state index contributed by atoms with van der Waals surface area (Å²) in [4.78, 5) is 12.7. The molecule has 5 atom stereocenters. The van der Waals surface area contributed by atoms with Crippen LogP contribution in [0.15, 0.2) is 18.2 Å². The Labute approximate surface area is 138 Å². The molecule has 1 aromatic carbocycles. The van der Waals surface area contributed by atoms with Gasteiger partial charge in [0.15, 0.2) is 0 Å². The van der Waals surface area contributed by atoms with E-state index in [0.29, 0.717) is 23.0 Å². The fourth-order valence-corrected chi connectivity index (χ4v) is 7.30. The van der Waals surface area contributed by atoms with Gasteiger partial charge < -0.3 is 4.74 Å². The van der Waals surface area contributed by atoms with Crippen molar-refractivity contribution in [3.63, 3.8) is 0 Å². The smallest absolute Gasteiger partial charge is 0.139 e. The van der Waals surface area contributed by atoms with E-state index in [1.807, 2.05) is 0 Å². The molecule has 0 saturated heterocycles. The highest BCUT2D eigenvalue weighted by Gasteiger charge is 2.71. The molecule has 2 heteroatoms. The van der Waals surface area contributed by atoms with Crippen LogP contribution in [0.4, 0.5) is 0 Å². The number of hydrogen-bond donors (Lipinski definition) is 0. The van der Waals surface area contributed by atoms with E-state index >= 15 is 0 Å². The lowest BCUT2D eigenvalue weighted by atomic mass is 9.58. The fraction of sp³-hybridized carbons (Fsp3) is 0.667. The number of Topliss-reactive ketones (excluding diaryl/α,β-unsaturated/α-hetero) is 1. The van der Waals surface area contributed by atoms with Crippen LogP contribution in [0.5, 0.6) is 5.75 Å². The standard InChI is InChI=1S/C21H26O2/c1-20-9-7-14(12-19(20)22)21(20)10-8-17-16-5-4-15(23-2)11-13(16)3-6-18(17)21/h4-5,11,14,17-18H,3,6-10,12H2,1-2H3/t14-,17-,18-,20+,21+/m1/s1. The summed E-state index contributed by atoms with van der Waals surface area (Å²) in [7, 11) is 1.75. The van der Waals surface area contributed by atoms with Gasteiger partial charge in [-0.1, -0.05) is 13.0 Å². The van der Waals surface area contributed by atoms with Crippen molar-refractivity contribution in [2.75, 3.05) is 7.11 Å². The van der Waals surface area contributed by atoms with Gasteiger partial charge >= 0.3 is 0 Å². The largest absolute Gasteiger partial charge is 0.497 e. The number of carbonyl (C=O) groups excluding carboxylic acids is 1. The van der Waals surface area contributed by atoms with Crippen LogP contribution in [0.1, 0.15) is 62.5 Å². The van der Waals surface area contributed by atoms with Gasteiger partial charge in [-0.05, 0) is 85.0 Å². The molecule has 1 aromatic rings. The van der Waals surface area contributed by atoms with Gasteiger partial charge in [0, 0.05) is 11.8 Å². The summed E-state index contributed by atoms with van der Waals surface area (Å²) in [5.74, 6) is 3.64. The highest BCUT2D eigenvalue weighted by Crippen LogP contribution is 2.75. The van der Waals surface area contributed by atoms with Gasteiger partial charge in [0.25, 0.3) is 0 Å². The van der Waals surface area contributed by atoms with E-state index in [0.717, 1.165) is 30.9 Å². The second kappa shape index (κ2) is 4.40. The van der Waals surface area contributed by atoms with Crippen molar-refractivity contribution in [1.29, 1.82) is 0 Å². The molecule has 0 heterocycles. The maximum atomic E-state index is 12.7. The van der Waals surface area contributed by atoms with Crippen LogP contribution in [0.3, 0.4) is 0 Å². The first kappa shape index (κ1) is 14.1. The first-order valence-corrected chi connectivity index (χ1v) is 9.30. The summed E-state index contributed by atoms with van der Waals surface area (Å²) in [5, 5.41) is 0. The van der Waals surface area contributed by atoms with Crippen LogP contribution in [-0.4, -0.2) is 12.9 Å². The monoisotopic (exact) mass is 310 g/mol. The molecule has 23 heavy (non-hydrogen) atoms. The normalized spacial score (nSPS) is 43.7. The summed E-state index contributed by atoms with van der Waals surface area (Å²) < 4.78 is 5.41. The molecule has 0 radical (unpaired) electrons. The second-order valence-corrected chi connectivity index (χ2v) is 8.59. The molecule has 2 bridgehead atoms. The Hall–Kier alpha value is -1.31. The van der Waals surface area contributed by atoms with E-state index in [1.165, 1.54) is 31.2 Å². The zero-order chi connectivity index (χ0) is 15.8. The van der Waals surface area contributed by atoms with Gasteiger partial charge in [-0.15, -0.1) is 0 Å². The van der Waals surface area contributed by atoms with Crippen molar-refractivity contribution < 1.29 is 9.53 Å². The summed E-state index contributed by atoms with van der Waals surface area (Å²) in [5.41, 5.74) is 3.36. The van der Waals surface area contributed by atoms with Crippen LogP contribution in [-0.2, 0) is 11.2 Å². The summed E-state index contributed by atoms with van der Waals surface area (Å²) in [6.07, 6.45) is 8.30. The van der Waals surface area contributed by atoms with E-state index < -0.39 is 0 Å². The number of aryl methyl sites for hydroxylation is 1. The molecule has 3 fully saturated rings. The first-order valence-electron chi connectivity index (χ1n) is 9.30. The van der Waals surface area contributed by atoms with Crippen LogP contribution in [0, 0.1) is 22.7 Å². The van der Waals surface area contributed by atoms with Crippen molar-refractivity contribution in [1.82, 2.24) is 0 Å². The Morgan fingerprint density at radius 1 is 1.17 bits per heavy atom. The third-order valence-electron chi connectivity index (χ3n) is 8.29. The quantitative estimate of drug-likeness (QED) is 0.763. The van der Waals surface area contributed by atoms with Crippen molar-refractivity contribution in [3.8, 4) is 5.75 Å². The van der Waals surface area contributed by atoms with Crippen LogP contribution >= 0.6 is 0 Å². The summed E-state index contributed by atoms with van der Waals surface area (Å²) in [6.45, 7) is 2.31. The minimum absolute atomic E-state index is 0.0128. The predicted octanol–water partition coefficient (Wildman–Crippen LogP) is 4.51. The second-order valence-electron chi connectivity index (χ2n) is 8.59. The number of hydrogen-bond acceptors (Lipinski definition) is 2. The van der Waals surface area contributed by atoms with Crippen molar-refractivity contribution >= 4 is 5.78 Å². The maximum Gasteiger partial charge on any atom is 0.139 e. The third kappa shape index (κ3) is 1.49. The van der Waals surface area contributed by atoms with Crippen LogP contribution in [0.2, 0.25) is 0 Å². The molecule has 0 N–H and O–H groups in total. The van der Waals surface area contributed by atoms with Gasteiger partial charge in [0.2, 0.25) is 0 Å². The van der Waals surface area contributed by atoms with Gasteiger partial charge in [-0.3, -0.25) is 4.79 Å². The zero-order valence-corrected chi connectivity index (χ0v) is 14.2. The van der Waals surface area contributed by atoms with E-state index in [4.69, 9.17) is 4.74 Å². The average molecular weight is 310 g/mol. The Kier molecular flexibility index (Phi) is 2.69. The number of fused-ring (bicyclic) bond motifs is 3. The number of benzene rings is 1. The SMILES string of the molecule is COc1ccc2c(c1)CC[C@@H]1[C@@H]2CC[C@]12[C@@H]1CC[C@@]2(C)C(=O)C1. The van der Waals surface area contributed by atoms with E-state index in [9.17, 15) is 4.79 Å². The molecule has 0 amide bonds. The van der Waals surface area contributed by atoms with Gasteiger partial charge in [0.05, 0.1) is 7.11 Å². The third-order valence-corrected chi connectivity index (χ3v) is 8.29. The predicted molar refractivity (Wildman–Crippen MR) is 89.7 cm³/mol. The van der Waals surface area contributed by atoms with E-state index in [2.05, 4.69) is 25.1 Å². The lowest BCUT2D eigenvalue weighted by Gasteiger charge is -2.45. The number of ketones is 1. The fourth-order valence-electron chi connectivity index (χ4n) is 7.30. The molecular weight excluding hydrogens is 284 g/mol. The molecule has 0 aliphatic heterocycles. The van der Waals surface area contributed by atoms with Gasteiger partial charge in [-0.25, -0.2) is 0 Å². The molecule has 3 saturated carbocycles. The summed E-state index contributed by atoms with van der Waals surface area (Å²) >= 11 is 0. The highest BCUT2D eigenvalue weighted by atomic mass is 16.5. The molecule has 4 aliphatic carbocycles. The molecule has 4 aliphatic rings. The van der Waals surface area contributed by atoms with Gasteiger partial charge in [0.1, 0.15) is 11.5 Å². The van der Waals surface area contributed by atoms with Crippen molar-refractivity contribution in [2.24, 2.45) is 22.7 Å². The average Bonchev–Trinajstić information content (AvgIpc) is 3.16.